The van der Waals surface area contributed by atoms with Gasteiger partial charge >= 0.3 is 6.09 Å². The molecule has 0 radical (unpaired) electrons. The molecule has 1 saturated heterocycles. The van der Waals surface area contributed by atoms with Crippen molar-refractivity contribution in [3.05, 3.63) is 30.2 Å². The first-order valence-electron chi connectivity index (χ1n) is 8.61. The SMILES string of the molecule is COC(=O)N1CCCC[C@H]1C(=O)NCCCc1nnc2ccccn12. The van der Waals surface area contributed by atoms with E-state index in [1.165, 1.54) is 12.0 Å². The van der Waals surface area contributed by atoms with Crippen molar-refractivity contribution in [1.29, 1.82) is 0 Å². The van der Waals surface area contributed by atoms with Gasteiger partial charge in [-0.25, -0.2) is 4.79 Å². The van der Waals surface area contributed by atoms with Gasteiger partial charge in [-0.15, -0.1) is 10.2 Å². The van der Waals surface area contributed by atoms with Crippen LogP contribution in [0.15, 0.2) is 24.4 Å². The van der Waals surface area contributed by atoms with Crippen molar-refractivity contribution in [3.63, 3.8) is 0 Å². The van der Waals surface area contributed by atoms with Gasteiger partial charge in [0.1, 0.15) is 11.9 Å². The summed E-state index contributed by atoms with van der Waals surface area (Å²) in [6, 6.07) is 5.33. The van der Waals surface area contributed by atoms with Crippen LogP contribution in [-0.2, 0) is 16.0 Å². The van der Waals surface area contributed by atoms with Gasteiger partial charge in [0.2, 0.25) is 5.91 Å². The van der Waals surface area contributed by atoms with Crippen LogP contribution in [0, 0.1) is 0 Å². The number of nitrogens with one attached hydrogen (secondary N) is 1. The molecular weight excluding hydrogens is 322 g/mol. The summed E-state index contributed by atoms with van der Waals surface area (Å²) in [4.78, 5) is 25.7. The Morgan fingerprint density at radius 2 is 2.20 bits per heavy atom. The Labute approximate surface area is 146 Å². The summed E-state index contributed by atoms with van der Waals surface area (Å²) in [7, 11) is 1.34. The normalized spacial score (nSPS) is 17.5. The minimum Gasteiger partial charge on any atom is -0.453 e. The molecule has 1 atom stereocenters. The zero-order valence-corrected chi connectivity index (χ0v) is 14.4. The fourth-order valence-corrected chi connectivity index (χ4v) is 3.18. The summed E-state index contributed by atoms with van der Waals surface area (Å²) in [6.45, 7) is 1.10. The van der Waals surface area contributed by atoms with E-state index in [9.17, 15) is 9.59 Å². The van der Waals surface area contributed by atoms with Crippen LogP contribution < -0.4 is 5.32 Å². The molecule has 0 unspecified atom stereocenters. The first-order chi connectivity index (χ1) is 12.2. The number of likely N-dealkylation sites (tertiary alicyclic amines) is 1. The number of carbonyl (C=O) groups excluding carboxylic acids is 2. The standard InChI is InChI=1S/C17H23N5O3/c1-25-17(24)21-11-4-2-7-13(21)16(23)18-10-6-9-15-20-19-14-8-3-5-12-22(14)15/h3,5,8,12-13H,2,4,6-7,9-11H2,1H3,(H,18,23)/t13-/m0/s1. The van der Waals surface area contributed by atoms with Crippen LogP contribution in [-0.4, -0.2) is 57.7 Å². The molecular formula is C17H23N5O3. The van der Waals surface area contributed by atoms with Crippen molar-refractivity contribution < 1.29 is 14.3 Å². The van der Waals surface area contributed by atoms with E-state index in [2.05, 4.69) is 15.5 Å². The van der Waals surface area contributed by atoms with Crippen molar-refractivity contribution in [2.24, 2.45) is 0 Å². The second-order valence-electron chi connectivity index (χ2n) is 6.11. The van der Waals surface area contributed by atoms with Gasteiger partial charge < -0.3 is 10.1 Å². The number of aryl methyl sites for hydroxylation is 1. The predicted octanol–water partition coefficient (Wildman–Crippen LogP) is 1.40. The smallest absolute Gasteiger partial charge is 0.410 e. The highest BCUT2D eigenvalue weighted by atomic mass is 16.5. The molecule has 3 heterocycles. The number of nitrogens with zero attached hydrogens (tertiary/aromatic N) is 4. The quantitative estimate of drug-likeness (QED) is 0.828. The van der Waals surface area contributed by atoms with E-state index in [1.807, 2.05) is 28.8 Å². The minimum absolute atomic E-state index is 0.115. The average molecular weight is 345 g/mol. The minimum atomic E-state index is -0.435. The second kappa shape index (κ2) is 7.96. The monoisotopic (exact) mass is 345 g/mol. The Morgan fingerprint density at radius 3 is 3.04 bits per heavy atom. The molecule has 8 nitrogen and oxygen atoms in total. The lowest BCUT2D eigenvalue weighted by Crippen LogP contribution is -2.52. The van der Waals surface area contributed by atoms with Gasteiger partial charge in [-0.05, 0) is 37.8 Å². The molecule has 0 spiro atoms. The third kappa shape index (κ3) is 3.89. The highest BCUT2D eigenvalue weighted by Gasteiger charge is 2.32. The van der Waals surface area contributed by atoms with E-state index < -0.39 is 12.1 Å². The molecule has 0 bridgehead atoms. The largest absolute Gasteiger partial charge is 0.453 e. The van der Waals surface area contributed by atoms with E-state index in [0.29, 0.717) is 19.5 Å². The summed E-state index contributed by atoms with van der Waals surface area (Å²) >= 11 is 0. The first-order valence-corrected chi connectivity index (χ1v) is 8.61. The number of carbonyl (C=O) groups is 2. The Bertz CT molecular complexity index is 745. The summed E-state index contributed by atoms with van der Waals surface area (Å²) in [5, 5.41) is 11.2. The molecule has 0 aromatic carbocycles. The van der Waals surface area contributed by atoms with Crippen molar-refractivity contribution in [2.75, 3.05) is 20.2 Å². The van der Waals surface area contributed by atoms with Crippen molar-refractivity contribution in [3.8, 4) is 0 Å². The van der Waals surface area contributed by atoms with Crippen molar-refractivity contribution >= 4 is 17.6 Å². The van der Waals surface area contributed by atoms with E-state index in [0.717, 1.165) is 37.2 Å². The van der Waals surface area contributed by atoms with E-state index in [1.54, 1.807) is 0 Å². The highest BCUT2D eigenvalue weighted by molar-refractivity contribution is 5.85. The van der Waals surface area contributed by atoms with Crippen LogP contribution in [0.5, 0.6) is 0 Å². The summed E-state index contributed by atoms with van der Waals surface area (Å²) in [6.07, 6.45) is 5.49. The summed E-state index contributed by atoms with van der Waals surface area (Å²) in [5.74, 6) is 0.759. The lowest BCUT2D eigenvalue weighted by atomic mass is 10.0. The Kier molecular flexibility index (Phi) is 5.47. The molecule has 1 fully saturated rings. The molecule has 2 amide bonds. The van der Waals surface area contributed by atoms with Gasteiger partial charge in [0, 0.05) is 25.7 Å². The zero-order chi connectivity index (χ0) is 17.6. The van der Waals surface area contributed by atoms with Gasteiger partial charge in [-0.3, -0.25) is 14.1 Å². The third-order valence-electron chi connectivity index (χ3n) is 4.48. The topological polar surface area (TPSA) is 88.8 Å². The van der Waals surface area contributed by atoms with Gasteiger partial charge in [0.25, 0.3) is 0 Å². The molecule has 8 heteroatoms. The lowest BCUT2D eigenvalue weighted by molar-refractivity contribution is -0.126. The highest BCUT2D eigenvalue weighted by Crippen LogP contribution is 2.18. The molecule has 0 saturated carbocycles. The Hall–Kier alpha value is -2.64. The molecule has 2 aromatic heterocycles. The lowest BCUT2D eigenvalue weighted by Gasteiger charge is -2.33. The van der Waals surface area contributed by atoms with E-state index in [4.69, 9.17) is 4.74 Å². The molecule has 1 N–H and O–H groups in total. The second-order valence-corrected chi connectivity index (χ2v) is 6.11. The number of ether oxygens (including phenoxy) is 1. The van der Waals surface area contributed by atoms with Gasteiger partial charge in [0.15, 0.2) is 5.65 Å². The molecule has 3 rings (SSSR count). The van der Waals surface area contributed by atoms with Crippen LogP contribution in [0.3, 0.4) is 0 Å². The number of hydrogen-bond donors (Lipinski definition) is 1. The number of pyridine rings is 1. The maximum atomic E-state index is 12.4. The predicted molar refractivity (Wildman–Crippen MR) is 91.1 cm³/mol. The molecule has 25 heavy (non-hydrogen) atoms. The number of rotatable bonds is 5. The van der Waals surface area contributed by atoms with Crippen molar-refractivity contribution in [1.82, 2.24) is 24.8 Å². The van der Waals surface area contributed by atoms with Crippen LogP contribution in [0.25, 0.3) is 5.65 Å². The van der Waals surface area contributed by atoms with Crippen LogP contribution >= 0.6 is 0 Å². The molecule has 134 valence electrons. The number of methoxy groups -OCH3 is 1. The van der Waals surface area contributed by atoms with Crippen LogP contribution in [0.1, 0.15) is 31.5 Å². The first kappa shape index (κ1) is 17.2. The van der Waals surface area contributed by atoms with E-state index in [-0.39, 0.29) is 5.91 Å². The zero-order valence-electron chi connectivity index (χ0n) is 14.4. The number of piperidine rings is 1. The number of aromatic nitrogens is 3. The third-order valence-corrected chi connectivity index (χ3v) is 4.48. The number of hydrogen-bond acceptors (Lipinski definition) is 5. The fourth-order valence-electron chi connectivity index (χ4n) is 3.18. The van der Waals surface area contributed by atoms with Crippen LogP contribution in [0.4, 0.5) is 4.79 Å². The van der Waals surface area contributed by atoms with Gasteiger partial charge in [-0.2, -0.15) is 0 Å². The Balaban J connectivity index is 1.49. The number of amides is 2. The summed E-state index contributed by atoms with van der Waals surface area (Å²) < 4.78 is 6.72. The Morgan fingerprint density at radius 1 is 1.32 bits per heavy atom. The van der Waals surface area contributed by atoms with E-state index >= 15 is 0 Å². The molecule has 0 aliphatic carbocycles. The molecule has 1 aliphatic rings. The molecule has 2 aromatic rings. The van der Waals surface area contributed by atoms with Crippen molar-refractivity contribution in [2.45, 2.75) is 38.1 Å². The maximum absolute atomic E-state index is 12.4. The number of fused-ring (bicyclic) bond motifs is 1. The molecule has 1 aliphatic heterocycles. The maximum Gasteiger partial charge on any atom is 0.410 e. The fraction of sp³-hybridized carbons (Fsp3) is 0.529. The van der Waals surface area contributed by atoms with Gasteiger partial charge in [-0.1, -0.05) is 6.07 Å². The van der Waals surface area contributed by atoms with Gasteiger partial charge in [0.05, 0.1) is 7.11 Å². The van der Waals surface area contributed by atoms with Crippen LogP contribution in [0.2, 0.25) is 0 Å². The average Bonchev–Trinajstić information content (AvgIpc) is 3.07. The summed E-state index contributed by atoms with van der Waals surface area (Å²) in [5.41, 5.74) is 0.817.